The van der Waals surface area contributed by atoms with Crippen LogP contribution in [0.1, 0.15) is 30.5 Å². The van der Waals surface area contributed by atoms with Crippen molar-refractivity contribution in [3.63, 3.8) is 0 Å². The molecule has 1 aliphatic heterocycles. The van der Waals surface area contributed by atoms with Crippen LogP contribution >= 0.6 is 0 Å². The summed E-state index contributed by atoms with van der Waals surface area (Å²) in [6.45, 7) is 1.54. The van der Waals surface area contributed by atoms with Crippen LogP contribution in [0.5, 0.6) is 5.75 Å². The van der Waals surface area contributed by atoms with Gasteiger partial charge in [-0.1, -0.05) is 0 Å². The van der Waals surface area contributed by atoms with Gasteiger partial charge in [-0.2, -0.15) is 18.4 Å². The van der Waals surface area contributed by atoms with E-state index in [0.717, 1.165) is 11.4 Å². The summed E-state index contributed by atoms with van der Waals surface area (Å²) in [6, 6.07) is 1.38. The molecule has 0 bridgehead atoms. The zero-order chi connectivity index (χ0) is 19.8. The van der Waals surface area contributed by atoms with E-state index in [0.29, 0.717) is 13.0 Å². The minimum absolute atomic E-state index is 0.0127. The number of nitriles is 1. The molecule has 0 radical (unpaired) electrons. The van der Waals surface area contributed by atoms with Crippen molar-refractivity contribution in [3.8, 4) is 11.8 Å². The number of aliphatic hydroxyl groups excluding tert-OH is 1. The van der Waals surface area contributed by atoms with Gasteiger partial charge < -0.3 is 19.9 Å². The normalized spacial score (nSPS) is 21.7. The molecule has 146 valence electrons. The van der Waals surface area contributed by atoms with Crippen molar-refractivity contribution in [2.75, 3.05) is 25.6 Å². The second-order valence-electron chi connectivity index (χ2n) is 6.23. The van der Waals surface area contributed by atoms with Gasteiger partial charge in [-0.15, -0.1) is 5.10 Å². The SMILES string of the molecule is COc1c(C#N)c(C(C)C(F)(F)F)n2nc(N[C@@H]3CCOC[C@H]3O)ncc12. The van der Waals surface area contributed by atoms with Crippen LogP contribution in [0.25, 0.3) is 5.52 Å². The Morgan fingerprint density at radius 2 is 2.26 bits per heavy atom. The van der Waals surface area contributed by atoms with Crippen LogP contribution in [-0.4, -0.2) is 58.4 Å². The molecule has 0 amide bonds. The third-order valence-corrected chi connectivity index (χ3v) is 4.53. The lowest BCUT2D eigenvalue weighted by Crippen LogP contribution is -2.42. The van der Waals surface area contributed by atoms with Gasteiger partial charge in [0, 0.05) is 6.61 Å². The minimum atomic E-state index is -4.57. The summed E-state index contributed by atoms with van der Waals surface area (Å²) < 4.78 is 51.3. The molecule has 1 unspecified atom stereocenters. The monoisotopic (exact) mass is 385 g/mol. The molecule has 1 fully saturated rings. The molecule has 2 N–H and O–H groups in total. The molecular weight excluding hydrogens is 367 g/mol. The molecule has 1 aliphatic rings. The zero-order valence-electron chi connectivity index (χ0n) is 14.6. The summed E-state index contributed by atoms with van der Waals surface area (Å²) in [4.78, 5) is 4.09. The molecule has 0 aliphatic carbocycles. The molecule has 0 aromatic carbocycles. The molecule has 3 atom stereocenters. The number of hydrogen-bond acceptors (Lipinski definition) is 7. The Balaban J connectivity index is 2.10. The number of nitrogens with one attached hydrogen (secondary N) is 1. The van der Waals surface area contributed by atoms with E-state index >= 15 is 0 Å². The standard InChI is InChI=1S/C16H18F3N5O3/c1-8(16(17,18)19)13-9(5-20)14(26-2)11-6-21-15(23-24(11)13)22-10-3-4-27-7-12(10)25/h6,8,10,12,25H,3-4,7H2,1-2H3,(H,22,23)/t8?,10-,12-/m1/s1. The van der Waals surface area contributed by atoms with Crippen molar-refractivity contribution in [1.82, 2.24) is 14.6 Å². The molecule has 3 rings (SSSR count). The molecule has 3 heterocycles. The Morgan fingerprint density at radius 1 is 1.52 bits per heavy atom. The smallest absolute Gasteiger partial charge is 0.397 e. The summed E-state index contributed by atoms with van der Waals surface area (Å²) in [6.07, 6.45) is -3.58. The number of fused-ring (bicyclic) bond motifs is 1. The Kier molecular flexibility index (Phi) is 5.12. The van der Waals surface area contributed by atoms with E-state index in [1.807, 2.05) is 0 Å². The van der Waals surface area contributed by atoms with E-state index in [4.69, 9.17) is 9.47 Å². The first-order valence-corrected chi connectivity index (χ1v) is 8.22. The van der Waals surface area contributed by atoms with Gasteiger partial charge in [-0.25, -0.2) is 9.50 Å². The maximum atomic E-state index is 13.3. The average molecular weight is 385 g/mol. The number of aromatic nitrogens is 3. The van der Waals surface area contributed by atoms with E-state index in [1.165, 1.54) is 13.3 Å². The maximum absolute atomic E-state index is 13.3. The van der Waals surface area contributed by atoms with Gasteiger partial charge in [-0.3, -0.25) is 0 Å². The first-order valence-electron chi connectivity index (χ1n) is 8.22. The summed E-state index contributed by atoms with van der Waals surface area (Å²) in [5.74, 6) is -1.92. The van der Waals surface area contributed by atoms with Crippen LogP contribution in [0.2, 0.25) is 0 Å². The Labute approximate surface area is 152 Å². The van der Waals surface area contributed by atoms with E-state index in [9.17, 15) is 23.5 Å². The van der Waals surface area contributed by atoms with Crippen molar-refractivity contribution < 1.29 is 27.8 Å². The molecule has 0 saturated carbocycles. The maximum Gasteiger partial charge on any atom is 0.397 e. The van der Waals surface area contributed by atoms with E-state index in [-0.39, 0.29) is 35.1 Å². The number of anilines is 1. The fourth-order valence-electron chi connectivity index (χ4n) is 3.03. The predicted octanol–water partition coefficient (Wildman–Crippen LogP) is 1.84. The van der Waals surface area contributed by atoms with Crippen LogP contribution in [0, 0.1) is 11.3 Å². The predicted molar refractivity (Wildman–Crippen MR) is 87.6 cm³/mol. The summed E-state index contributed by atoms with van der Waals surface area (Å²) in [7, 11) is 1.27. The first-order chi connectivity index (χ1) is 12.8. The highest BCUT2D eigenvalue weighted by Gasteiger charge is 2.42. The highest BCUT2D eigenvalue weighted by molar-refractivity contribution is 5.70. The van der Waals surface area contributed by atoms with E-state index < -0.39 is 24.2 Å². The quantitative estimate of drug-likeness (QED) is 0.827. The van der Waals surface area contributed by atoms with Crippen molar-refractivity contribution in [2.45, 2.75) is 37.6 Å². The lowest BCUT2D eigenvalue weighted by Gasteiger charge is -2.28. The second-order valence-corrected chi connectivity index (χ2v) is 6.23. The highest BCUT2D eigenvalue weighted by Crippen LogP contribution is 2.41. The number of methoxy groups -OCH3 is 1. The van der Waals surface area contributed by atoms with Gasteiger partial charge in [0.1, 0.15) is 17.1 Å². The largest absolute Gasteiger partial charge is 0.493 e. The topological polar surface area (TPSA) is 105 Å². The van der Waals surface area contributed by atoms with Gasteiger partial charge in [0.25, 0.3) is 0 Å². The lowest BCUT2D eigenvalue weighted by atomic mass is 10.0. The number of rotatable bonds is 4. The van der Waals surface area contributed by atoms with Crippen LogP contribution in [0.15, 0.2) is 6.20 Å². The van der Waals surface area contributed by atoms with Crippen LogP contribution in [-0.2, 0) is 4.74 Å². The minimum Gasteiger partial charge on any atom is -0.493 e. The van der Waals surface area contributed by atoms with Gasteiger partial charge in [0.05, 0.1) is 43.7 Å². The molecule has 2 aromatic heterocycles. The molecule has 1 saturated heterocycles. The summed E-state index contributed by atoms with van der Waals surface area (Å²) in [5, 5.41) is 26.4. The fraction of sp³-hybridized carbons (Fsp3) is 0.562. The Morgan fingerprint density at radius 3 is 2.85 bits per heavy atom. The fourth-order valence-corrected chi connectivity index (χ4v) is 3.03. The number of hydrogen-bond donors (Lipinski definition) is 2. The number of alkyl halides is 3. The summed E-state index contributed by atoms with van der Waals surface area (Å²) in [5.41, 5.74) is -0.409. The van der Waals surface area contributed by atoms with Gasteiger partial charge >= 0.3 is 6.18 Å². The lowest BCUT2D eigenvalue weighted by molar-refractivity contribution is -0.147. The number of nitrogens with zero attached hydrogens (tertiary/aromatic N) is 4. The Hall–Kier alpha value is -2.58. The first kappa shape index (κ1) is 19.2. The zero-order valence-corrected chi connectivity index (χ0v) is 14.6. The van der Waals surface area contributed by atoms with Crippen molar-refractivity contribution in [3.05, 3.63) is 17.5 Å². The van der Waals surface area contributed by atoms with Crippen molar-refractivity contribution in [2.24, 2.45) is 0 Å². The third kappa shape index (κ3) is 3.50. The average Bonchev–Trinajstić information content (AvgIpc) is 2.94. The van der Waals surface area contributed by atoms with Crippen LogP contribution in [0.4, 0.5) is 19.1 Å². The third-order valence-electron chi connectivity index (χ3n) is 4.53. The number of halogens is 3. The molecule has 27 heavy (non-hydrogen) atoms. The molecular formula is C16H18F3N5O3. The van der Waals surface area contributed by atoms with Gasteiger partial charge in [-0.05, 0) is 13.3 Å². The van der Waals surface area contributed by atoms with Gasteiger partial charge in [0.2, 0.25) is 5.95 Å². The number of aliphatic hydroxyl groups is 1. The molecule has 8 nitrogen and oxygen atoms in total. The molecule has 2 aromatic rings. The second kappa shape index (κ2) is 7.21. The molecule has 11 heteroatoms. The van der Waals surface area contributed by atoms with Crippen molar-refractivity contribution >= 4 is 11.5 Å². The Bertz CT molecular complexity index is 877. The van der Waals surface area contributed by atoms with E-state index in [2.05, 4.69) is 15.4 Å². The van der Waals surface area contributed by atoms with E-state index in [1.54, 1.807) is 6.07 Å². The van der Waals surface area contributed by atoms with Crippen molar-refractivity contribution in [1.29, 1.82) is 5.26 Å². The molecule has 0 spiro atoms. The van der Waals surface area contributed by atoms with Crippen LogP contribution in [0.3, 0.4) is 0 Å². The van der Waals surface area contributed by atoms with Gasteiger partial charge in [0.15, 0.2) is 5.75 Å². The van der Waals surface area contributed by atoms with Crippen LogP contribution < -0.4 is 10.1 Å². The summed E-state index contributed by atoms with van der Waals surface area (Å²) >= 11 is 0. The number of ether oxygens (including phenoxy) is 2. The highest BCUT2D eigenvalue weighted by atomic mass is 19.4.